The number of hydrogen-bond acceptors (Lipinski definition) is 6. The van der Waals surface area contributed by atoms with Gasteiger partial charge in [-0.15, -0.1) is 12.6 Å². The first-order valence-corrected chi connectivity index (χ1v) is 7.44. The molecule has 118 valence electrons. The molecule has 0 atom stereocenters. The maximum absolute atomic E-state index is 12.2. The average Bonchev–Trinajstić information content (AvgIpc) is 2.44. The van der Waals surface area contributed by atoms with Crippen molar-refractivity contribution in [2.45, 2.75) is 25.2 Å². The molecule has 1 aromatic heterocycles. The number of nitrogens with two attached hydrogens (primary N) is 1. The maximum atomic E-state index is 12.2. The van der Waals surface area contributed by atoms with E-state index in [1.54, 1.807) is 14.0 Å². The highest BCUT2D eigenvalue weighted by Gasteiger charge is 2.15. The standard InChI is InChI=1S/C15H20N4O2S/c1-4-7-21-12-6-5-10(22)8-11(12)14-17-9(2)13(19(3)16)15(20)18-14/h5-6,8,22H,4,7,16H2,1-3H3,(H,17,18,20). The third kappa shape index (κ3) is 3.42. The predicted octanol–water partition coefficient (Wildman–Crippen LogP) is 2.13. The highest BCUT2D eigenvalue weighted by atomic mass is 32.1. The number of rotatable bonds is 5. The lowest BCUT2D eigenvalue weighted by atomic mass is 10.1. The van der Waals surface area contributed by atoms with Gasteiger partial charge in [-0.1, -0.05) is 6.92 Å². The Morgan fingerprint density at radius 3 is 2.77 bits per heavy atom. The molecule has 0 aliphatic heterocycles. The van der Waals surface area contributed by atoms with Gasteiger partial charge in [0.25, 0.3) is 5.56 Å². The van der Waals surface area contributed by atoms with Crippen LogP contribution in [-0.4, -0.2) is 23.6 Å². The highest BCUT2D eigenvalue weighted by Crippen LogP contribution is 2.30. The summed E-state index contributed by atoms with van der Waals surface area (Å²) < 4.78 is 5.72. The minimum atomic E-state index is -0.293. The number of thiol groups is 1. The zero-order chi connectivity index (χ0) is 16.3. The maximum Gasteiger partial charge on any atom is 0.276 e. The number of nitrogens with one attached hydrogen (secondary N) is 1. The summed E-state index contributed by atoms with van der Waals surface area (Å²) in [4.78, 5) is 20.2. The second-order valence-electron chi connectivity index (χ2n) is 4.99. The van der Waals surface area contributed by atoms with Crippen molar-refractivity contribution in [2.24, 2.45) is 5.84 Å². The van der Waals surface area contributed by atoms with Crippen LogP contribution in [0.4, 0.5) is 5.69 Å². The van der Waals surface area contributed by atoms with E-state index < -0.39 is 0 Å². The number of aromatic amines is 1. The van der Waals surface area contributed by atoms with Crippen LogP contribution in [0.15, 0.2) is 27.9 Å². The molecule has 2 rings (SSSR count). The molecule has 7 heteroatoms. The van der Waals surface area contributed by atoms with Gasteiger partial charge in [0, 0.05) is 11.9 Å². The molecule has 0 bridgehead atoms. The second kappa shape index (κ2) is 6.85. The van der Waals surface area contributed by atoms with Crippen LogP contribution >= 0.6 is 12.6 Å². The normalized spacial score (nSPS) is 10.6. The Morgan fingerprint density at radius 2 is 2.18 bits per heavy atom. The molecule has 3 N–H and O–H groups in total. The molecule has 1 heterocycles. The van der Waals surface area contributed by atoms with E-state index >= 15 is 0 Å². The molecule has 0 spiro atoms. The number of aromatic nitrogens is 2. The summed E-state index contributed by atoms with van der Waals surface area (Å²) in [7, 11) is 1.60. The lowest BCUT2D eigenvalue weighted by Crippen LogP contribution is -2.32. The molecule has 0 saturated carbocycles. The van der Waals surface area contributed by atoms with Gasteiger partial charge in [0.2, 0.25) is 0 Å². The summed E-state index contributed by atoms with van der Waals surface area (Å²) in [5, 5.41) is 1.26. The van der Waals surface area contributed by atoms with Crippen LogP contribution in [0.3, 0.4) is 0 Å². The number of H-pyrrole nitrogens is 1. The first kappa shape index (κ1) is 16.4. The molecule has 0 radical (unpaired) electrons. The smallest absolute Gasteiger partial charge is 0.276 e. The van der Waals surface area contributed by atoms with Gasteiger partial charge in [0.05, 0.1) is 17.9 Å². The fraction of sp³-hybridized carbons (Fsp3) is 0.333. The van der Waals surface area contributed by atoms with Crippen molar-refractivity contribution in [1.29, 1.82) is 0 Å². The minimum absolute atomic E-state index is 0.293. The summed E-state index contributed by atoms with van der Waals surface area (Å²) >= 11 is 4.34. The summed E-state index contributed by atoms with van der Waals surface area (Å²) in [6.45, 7) is 4.36. The Hall–Kier alpha value is -1.99. The topological polar surface area (TPSA) is 84.2 Å². The molecule has 0 aliphatic rings. The quantitative estimate of drug-likeness (QED) is 0.446. The Morgan fingerprint density at radius 1 is 1.45 bits per heavy atom. The number of hydrogen-bond donors (Lipinski definition) is 3. The van der Waals surface area contributed by atoms with E-state index in [0.717, 1.165) is 11.3 Å². The molecule has 0 saturated heterocycles. The number of benzene rings is 1. The molecule has 0 amide bonds. The van der Waals surface area contributed by atoms with Crippen LogP contribution < -0.4 is 21.1 Å². The third-order valence-electron chi connectivity index (χ3n) is 3.10. The number of hydrazine groups is 1. The van der Waals surface area contributed by atoms with Crippen molar-refractivity contribution in [3.05, 3.63) is 34.2 Å². The van der Waals surface area contributed by atoms with Gasteiger partial charge in [-0.2, -0.15) is 0 Å². The average molecular weight is 320 g/mol. The largest absolute Gasteiger partial charge is 0.493 e. The molecular weight excluding hydrogens is 300 g/mol. The van der Waals surface area contributed by atoms with Crippen molar-refractivity contribution in [2.75, 3.05) is 18.7 Å². The highest BCUT2D eigenvalue weighted by molar-refractivity contribution is 7.80. The van der Waals surface area contributed by atoms with E-state index in [4.69, 9.17) is 10.6 Å². The zero-order valence-corrected chi connectivity index (χ0v) is 13.8. The monoisotopic (exact) mass is 320 g/mol. The number of ether oxygens (including phenoxy) is 1. The number of aryl methyl sites for hydroxylation is 1. The molecule has 0 unspecified atom stereocenters. The third-order valence-corrected chi connectivity index (χ3v) is 3.38. The van der Waals surface area contributed by atoms with Crippen molar-refractivity contribution in [3.8, 4) is 17.1 Å². The van der Waals surface area contributed by atoms with Crippen molar-refractivity contribution < 1.29 is 4.74 Å². The summed E-state index contributed by atoms with van der Waals surface area (Å²) in [6.07, 6.45) is 0.891. The summed E-state index contributed by atoms with van der Waals surface area (Å²) in [6, 6.07) is 5.48. The summed E-state index contributed by atoms with van der Waals surface area (Å²) in [5.41, 5.74) is 1.29. The first-order valence-electron chi connectivity index (χ1n) is 6.99. The van der Waals surface area contributed by atoms with Crippen LogP contribution in [0.5, 0.6) is 5.75 Å². The van der Waals surface area contributed by atoms with Gasteiger partial charge < -0.3 is 14.7 Å². The molecule has 1 aromatic carbocycles. The summed E-state index contributed by atoms with van der Waals surface area (Å²) in [5.74, 6) is 6.76. The molecular formula is C15H20N4O2S. The van der Waals surface area contributed by atoms with Crippen LogP contribution in [0.2, 0.25) is 0 Å². The van der Waals surface area contributed by atoms with Gasteiger partial charge in [0.1, 0.15) is 17.3 Å². The van der Waals surface area contributed by atoms with E-state index in [0.29, 0.717) is 35.1 Å². The van der Waals surface area contributed by atoms with Gasteiger partial charge in [-0.3, -0.25) is 4.79 Å². The Balaban J connectivity index is 2.56. The lowest BCUT2D eigenvalue weighted by molar-refractivity contribution is 0.318. The van der Waals surface area contributed by atoms with Crippen molar-refractivity contribution >= 4 is 18.3 Å². The fourth-order valence-corrected chi connectivity index (χ4v) is 2.37. The molecule has 22 heavy (non-hydrogen) atoms. The van der Waals surface area contributed by atoms with E-state index in [2.05, 4.69) is 22.6 Å². The Kier molecular flexibility index (Phi) is 5.10. The lowest BCUT2D eigenvalue weighted by Gasteiger charge is -2.15. The molecule has 0 aliphatic carbocycles. The molecule has 0 fully saturated rings. The second-order valence-corrected chi connectivity index (χ2v) is 5.50. The molecule has 2 aromatic rings. The van der Waals surface area contributed by atoms with Crippen LogP contribution in [0.1, 0.15) is 19.0 Å². The zero-order valence-electron chi connectivity index (χ0n) is 12.9. The van der Waals surface area contributed by atoms with Gasteiger partial charge >= 0.3 is 0 Å². The van der Waals surface area contributed by atoms with Gasteiger partial charge in [-0.25, -0.2) is 10.8 Å². The SMILES string of the molecule is CCCOc1ccc(S)cc1-c1nc(C)c(N(C)N)c(=O)[nH]1. The molecule has 6 nitrogen and oxygen atoms in total. The van der Waals surface area contributed by atoms with Crippen LogP contribution in [0.25, 0.3) is 11.4 Å². The minimum Gasteiger partial charge on any atom is -0.493 e. The fourth-order valence-electron chi connectivity index (χ4n) is 2.16. The Labute approximate surface area is 134 Å². The number of nitrogens with zero attached hydrogens (tertiary/aromatic N) is 2. The van der Waals surface area contributed by atoms with Crippen LogP contribution in [0, 0.1) is 6.92 Å². The van der Waals surface area contributed by atoms with Crippen LogP contribution in [-0.2, 0) is 0 Å². The number of anilines is 1. The van der Waals surface area contributed by atoms with E-state index in [-0.39, 0.29) is 5.56 Å². The van der Waals surface area contributed by atoms with E-state index in [1.807, 2.05) is 25.1 Å². The van der Waals surface area contributed by atoms with Crippen molar-refractivity contribution in [1.82, 2.24) is 9.97 Å². The van der Waals surface area contributed by atoms with Gasteiger partial charge in [-0.05, 0) is 31.5 Å². The van der Waals surface area contributed by atoms with E-state index in [1.165, 1.54) is 5.01 Å². The van der Waals surface area contributed by atoms with Crippen molar-refractivity contribution in [3.63, 3.8) is 0 Å². The van der Waals surface area contributed by atoms with Gasteiger partial charge in [0.15, 0.2) is 0 Å². The predicted molar refractivity (Wildman–Crippen MR) is 90.7 cm³/mol. The Bertz CT molecular complexity index is 728. The van der Waals surface area contributed by atoms with E-state index in [9.17, 15) is 4.79 Å². The first-order chi connectivity index (χ1) is 10.4.